The monoisotopic (exact) mass is 396 g/mol. The van der Waals surface area contributed by atoms with Crippen LogP contribution in [0.15, 0.2) is 48.5 Å². The van der Waals surface area contributed by atoms with Gasteiger partial charge >= 0.3 is 5.97 Å². The maximum atomic E-state index is 12.8. The molecule has 1 heterocycles. The summed E-state index contributed by atoms with van der Waals surface area (Å²) < 4.78 is 10.8. The second-order valence-corrected chi connectivity index (χ2v) is 7.15. The van der Waals surface area contributed by atoms with Crippen LogP contribution in [0.4, 0.5) is 11.4 Å². The van der Waals surface area contributed by atoms with E-state index in [-0.39, 0.29) is 24.5 Å². The van der Waals surface area contributed by atoms with Gasteiger partial charge in [0.15, 0.2) is 6.61 Å². The number of anilines is 2. The molecule has 29 heavy (non-hydrogen) atoms. The number of nitrogens with one attached hydrogen (secondary N) is 1. The van der Waals surface area contributed by atoms with Crippen molar-refractivity contribution >= 4 is 29.2 Å². The lowest BCUT2D eigenvalue weighted by Crippen LogP contribution is -2.41. The van der Waals surface area contributed by atoms with E-state index in [0.717, 1.165) is 0 Å². The van der Waals surface area contributed by atoms with Crippen LogP contribution in [0.1, 0.15) is 37.6 Å². The van der Waals surface area contributed by atoms with E-state index in [2.05, 4.69) is 5.32 Å². The molecule has 3 rings (SSSR count). The summed E-state index contributed by atoms with van der Waals surface area (Å²) in [4.78, 5) is 38.7. The Bertz CT molecular complexity index is 908. The van der Waals surface area contributed by atoms with Gasteiger partial charge in [0.1, 0.15) is 5.75 Å². The summed E-state index contributed by atoms with van der Waals surface area (Å²) in [7, 11) is 0. The fourth-order valence-electron chi connectivity index (χ4n) is 3.19. The molecule has 152 valence electrons. The summed E-state index contributed by atoms with van der Waals surface area (Å²) in [6, 6.07) is 13.3. The molecule has 0 radical (unpaired) electrons. The Hall–Kier alpha value is -3.35. The van der Waals surface area contributed by atoms with Gasteiger partial charge in [-0.3, -0.25) is 9.59 Å². The maximum Gasteiger partial charge on any atom is 0.338 e. The Morgan fingerprint density at radius 1 is 1.14 bits per heavy atom. The Kier molecular flexibility index (Phi) is 6.16. The first kappa shape index (κ1) is 20.4. The minimum Gasteiger partial charge on any atom is -0.491 e. The summed E-state index contributed by atoms with van der Waals surface area (Å²) in [5.74, 6) is -0.505. The highest BCUT2D eigenvalue weighted by atomic mass is 16.5. The van der Waals surface area contributed by atoms with Gasteiger partial charge in [-0.2, -0.15) is 0 Å². The smallest absolute Gasteiger partial charge is 0.338 e. The maximum absolute atomic E-state index is 12.8. The van der Waals surface area contributed by atoms with Gasteiger partial charge in [0, 0.05) is 12.5 Å². The van der Waals surface area contributed by atoms with Crippen molar-refractivity contribution in [3.8, 4) is 5.75 Å². The van der Waals surface area contributed by atoms with Gasteiger partial charge in [-0.1, -0.05) is 12.1 Å². The summed E-state index contributed by atoms with van der Waals surface area (Å²) in [5, 5.41) is 2.79. The van der Waals surface area contributed by atoms with Crippen LogP contribution < -0.4 is 15.0 Å². The fourth-order valence-corrected chi connectivity index (χ4v) is 3.19. The first-order valence-electron chi connectivity index (χ1n) is 9.50. The molecule has 0 bridgehead atoms. The van der Waals surface area contributed by atoms with E-state index in [4.69, 9.17) is 9.47 Å². The summed E-state index contributed by atoms with van der Waals surface area (Å²) in [6.07, 6.45) is 0.191. The van der Waals surface area contributed by atoms with Crippen molar-refractivity contribution in [1.82, 2.24) is 0 Å². The molecule has 1 N–H and O–H groups in total. The molecule has 0 unspecified atom stereocenters. The van der Waals surface area contributed by atoms with Gasteiger partial charge in [0.25, 0.3) is 5.91 Å². The highest BCUT2D eigenvalue weighted by Gasteiger charge is 2.30. The number of fused-ring (bicyclic) bond motifs is 1. The highest BCUT2D eigenvalue weighted by Crippen LogP contribution is 2.31. The van der Waals surface area contributed by atoms with Crippen molar-refractivity contribution < 1.29 is 23.9 Å². The topological polar surface area (TPSA) is 84.9 Å². The van der Waals surface area contributed by atoms with Crippen LogP contribution in [0.3, 0.4) is 0 Å². The van der Waals surface area contributed by atoms with Gasteiger partial charge in [0.2, 0.25) is 5.91 Å². The number of para-hydroxylation sites is 2. The molecule has 2 aromatic carbocycles. The van der Waals surface area contributed by atoms with E-state index >= 15 is 0 Å². The van der Waals surface area contributed by atoms with Gasteiger partial charge < -0.3 is 19.7 Å². The third-order valence-corrected chi connectivity index (χ3v) is 4.42. The van der Waals surface area contributed by atoms with Gasteiger partial charge in [-0.25, -0.2) is 4.79 Å². The quantitative estimate of drug-likeness (QED) is 0.783. The van der Waals surface area contributed by atoms with Crippen molar-refractivity contribution in [2.45, 2.75) is 39.3 Å². The van der Waals surface area contributed by atoms with E-state index < -0.39 is 18.5 Å². The fraction of sp³-hybridized carbons (Fsp3) is 0.318. The molecule has 0 saturated heterocycles. The zero-order valence-corrected chi connectivity index (χ0v) is 16.7. The molecule has 0 fully saturated rings. The first-order valence-corrected chi connectivity index (χ1v) is 9.50. The molecule has 2 aromatic rings. The van der Waals surface area contributed by atoms with Crippen LogP contribution in [0, 0.1) is 0 Å². The summed E-state index contributed by atoms with van der Waals surface area (Å²) >= 11 is 0. The third-order valence-electron chi connectivity index (χ3n) is 4.42. The van der Waals surface area contributed by atoms with Crippen LogP contribution in [-0.2, 0) is 14.3 Å². The van der Waals surface area contributed by atoms with Crippen molar-refractivity contribution in [2.75, 3.05) is 16.8 Å². The predicted molar refractivity (Wildman–Crippen MR) is 109 cm³/mol. The molecule has 0 aromatic heterocycles. The normalized spacial score (nSPS) is 15.9. The third kappa shape index (κ3) is 4.93. The average Bonchev–Trinajstić information content (AvgIpc) is 2.80. The van der Waals surface area contributed by atoms with E-state index in [0.29, 0.717) is 22.7 Å². The van der Waals surface area contributed by atoms with Crippen LogP contribution in [0.5, 0.6) is 5.75 Å². The lowest BCUT2D eigenvalue weighted by Gasteiger charge is -2.27. The van der Waals surface area contributed by atoms with Gasteiger partial charge in [0.05, 0.1) is 23.0 Å². The molecule has 0 saturated carbocycles. The predicted octanol–water partition coefficient (Wildman–Crippen LogP) is 3.39. The van der Waals surface area contributed by atoms with E-state index in [1.165, 1.54) is 4.90 Å². The Morgan fingerprint density at radius 3 is 2.52 bits per heavy atom. The van der Waals surface area contributed by atoms with Crippen molar-refractivity contribution in [2.24, 2.45) is 0 Å². The number of carbonyl (C=O) groups excluding carboxylic acids is 3. The largest absolute Gasteiger partial charge is 0.491 e. The summed E-state index contributed by atoms with van der Waals surface area (Å²) in [6.45, 7) is 5.20. The molecule has 0 aliphatic carbocycles. The van der Waals surface area contributed by atoms with Crippen LogP contribution in [0.25, 0.3) is 0 Å². The molecule has 0 spiro atoms. The Morgan fingerprint density at radius 2 is 1.83 bits per heavy atom. The van der Waals surface area contributed by atoms with Crippen molar-refractivity contribution in [3.63, 3.8) is 0 Å². The second-order valence-electron chi connectivity index (χ2n) is 7.15. The molecular weight excluding hydrogens is 372 g/mol. The van der Waals surface area contributed by atoms with Gasteiger partial charge in [-0.15, -0.1) is 0 Å². The Labute approximate surface area is 169 Å². The zero-order chi connectivity index (χ0) is 21.0. The van der Waals surface area contributed by atoms with Gasteiger partial charge in [-0.05, 0) is 57.2 Å². The number of hydrogen-bond acceptors (Lipinski definition) is 5. The lowest BCUT2D eigenvalue weighted by molar-refractivity contribution is -0.122. The van der Waals surface area contributed by atoms with Crippen molar-refractivity contribution in [1.29, 1.82) is 0 Å². The average molecular weight is 396 g/mol. The molecule has 1 aliphatic heterocycles. The Balaban J connectivity index is 1.68. The van der Waals surface area contributed by atoms with Crippen LogP contribution in [0.2, 0.25) is 0 Å². The van der Waals surface area contributed by atoms with Crippen molar-refractivity contribution in [3.05, 3.63) is 54.1 Å². The lowest BCUT2D eigenvalue weighted by atomic mass is 10.1. The SMILES string of the molecule is CC(C)Oc1ccc(C(=O)OCC(=O)N2c3ccccc3NC(=O)C[C@H]2C)cc1. The van der Waals surface area contributed by atoms with E-state index in [1.807, 2.05) is 13.8 Å². The molecular formula is C22H24N2O5. The first-order chi connectivity index (χ1) is 13.8. The minimum atomic E-state index is -0.598. The molecule has 7 heteroatoms. The number of esters is 1. The highest BCUT2D eigenvalue weighted by molar-refractivity contribution is 6.05. The number of hydrogen-bond donors (Lipinski definition) is 1. The standard InChI is InChI=1S/C22H24N2O5/c1-14(2)29-17-10-8-16(9-11-17)22(27)28-13-21(26)24-15(3)12-20(25)23-18-6-4-5-7-19(18)24/h4-11,14-15H,12-13H2,1-3H3,(H,23,25)/t15-/m1/s1. The van der Waals surface area contributed by atoms with E-state index in [9.17, 15) is 14.4 Å². The second kappa shape index (κ2) is 8.77. The van der Waals surface area contributed by atoms with Crippen LogP contribution >= 0.6 is 0 Å². The number of ether oxygens (including phenoxy) is 2. The van der Waals surface area contributed by atoms with E-state index in [1.54, 1.807) is 55.5 Å². The van der Waals surface area contributed by atoms with Crippen LogP contribution in [-0.4, -0.2) is 36.5 Å². The number of rotatable bonds is 5. The number of nitrogens with zero attached hydrogens (tertiary/aromatic N) is 1. The minimum absolute atomic E-state index is 0.0327. The number of benzene rings is 2. The molecule has 1 atom stereocenters. The number of carbonyl (C=O) groups is 3. The summed E-state index contributed by atoms with van der Waals surface area (Å²) in [5.41, 5.74) is 1.47. The molecule has 2 amide bonds. The molecule has 7 nitrogen and oxygen atoms in total. The number of amides is 2. The molecule has 1 aliphatic rings. The zero-order valence-electron chi connectivity index (χ0n) is 16.7.